The lowest BCUT2D eigenvalue weighted by molar-refractivity contribution is -0.138. The fourth-order valence-corrected chi connectivity index (χ4v) is 0.908. The zero-order chi connectivity index (χ0) is 11.7. The molecule has 0 aliphatic rings. The van der Waals surface area contributed by atoms with Crippen molar-refractivity contribution < 1.29 is 14.6 Å². The largest absolute Gasteiger partial charge is 0.512 e. The highest BCUT2D eigenvalue weighted by Crippen LogP contribution is 2.01. The predicted octanol–water partition coefficient (Wildman–Crippen LogP) is 2.25. The van der Waals surface area contributed by atoms with Crippen molar-refractivity contribution >= 4 is 12.2 Å². The molecule has 0 saturated carbocycles. The van der Waals surface area contributed by atoms with Crippen LogP contribution in [0.2, 0.25) is 0 Å². The summed E-state index contributed by atoms with van der Waals surface area (Å²) in [7, 11) is 0. The van der Waals surface area contributed by atoms with E-state index in [0.29, 0.717) is 13.2 Å². The molecule has 0 aliphatic heterocycles. The Balaban J connectivity index is 4.37. The number of nitrogens with zero attached hydrogens (tertiary/aromatic N) is 1. The van der Waals surface area contributed by atoms with Gasteiger partial charge in [0.25, 0.3) is 0 Å². The lowest BCUT2D eigenvalue weighted by Gasteiger charge is -2.02. The Morgan fingerprint density at radius 3 is 2.60 bits per heavy atom. The third-order valence-electron chi connectivity index (χ3n) is 1.75. The molecule has 0 heterocycles. The van der Waals surface area contributed by atoms with E-state index in [2.05, 4.69) is 11.9 Å². The lowest BCUT2D eigenvalue weighted by Crippen LogP contribution is -2.11. The van der Waals surface area contributed by atoms with Crippen molar-refractivity contribution in [2.24, 2.45) is 4.99 Å². The van der Waals surface area contributed by atoms with Gasteiger partial charge in [0, 0.05) is 12.8 Å². The number of allylic oxidation sites excluding steroid dienone is 1. The number of carbonyl (C=O) groups is 1. The van der Waals surface area contributed by atoms with Crippen molar-refractivity contribution in [3.05, 3.63) is 11.3 Å². The maximum absolute atomic E-state index is 11.3. The average Bonchev–Trinajstić information content (AvgIpc) is 2.17. The van der Waals surface area contributed by atoms with Gasteiger partial charge in [0.15, 0.2) is 0 Å². The minimum absolute atomic E-state index is 0.0614. The Kier molecular flexibility index (Phi) is 7.32. The summed E-state index contributed by atoms with van der Waals surface area (Å²) in [5, 5.41) is 9.25. The number of esters is 1. The van der Waals surface area contributed by atoms with E-state index in [1.165, 1.54) is 13.1 Å². The van der Waals surface area contributed by atoms with Crippen molar-refractivity contribution in [1.29, 1.82) is 0 Å². The Morgan fingerprint density at radius 1 is 1.47 bits per heavy atom. The Bertz CT molecular complexity index is 253. The first-order valence-corrected chi connectivity index (χ1v) is 5.20. The molecule has 0 radical (unpaired) electrons. The second kappa shape index (κ2) is 8.03. The third-order valence-corrected chi connectivity index (χ3v) is 1.75. The molecule has 0 bridgehead atoms. The molecule has 0 aliphatic carbocycles. The van der Waals surface area contributed by atoms with Crippen LogP contribution in [0.1, 0.15) is 33.6 Å². The minimum atomic E-state index is -0.530. The Morgan fingerprint density at radius 2 is 2.13 bits per heavy atom. The maximum atomic E-state index is 11.3. The number of hydrogen-bond acceptors (Lipinski definition) is 4. The molecule has 0 rings (SSSR count). The van der Waals surface area contributed by atoms with Gasteiger partial charge in [-0.25, -0.2) is 4.79 Å². The molecular weight excluding hydrogens is 194 g/mol. The normalized spacial score (nSPS) is 12.7. The molecule has 0 aromatic rings. The number of unbranched alkanes of at least 4 members (excludes halogenated alkanes) is 1. The van der Waals surface area contributed by atoms with Gasteiger partial charge in [0.05, 0.1) is 6.61 Å². The fraction of sp³-hybridized carbons (Fsp3) is 0.636. The van der Waals surface area contributed by atoms with E-state index < -0.39 is 5.97 Å². The van der Waals surface area contributed by atoms with Crippen molar-refractivity contribution in [3.63, 3.8) is 0 Å². The Hall–Kier alpha value is -1.32. The summed E-state index contributed by atoms with van der Waals surface area (Å²) in [6, 6.07) is 0. The summed E-state index contributed by atoms with van der Waals surface area (Å²) >= 11 is 0. The number of carbonyl (C=O) groups excluding carboxylic acids is 1. The number of hydrogen-bond donors (Lipinski definition) is 1. The van der Waals surface area contributed by atoms with Crippen molar-refractivity contribution in [3.8, 4) is 0 Å². The van der Waals surface area contributed by atoms with Gasteiger partial charge in [-0.05, 0) is 20.3 Å². The van der Waals surface area contributed by atoms with Gasteiger partial charge in [-0.15, -0.1) is 0 Å². The second-order valence-corrected chi connectivity index (χ2v) is 3.11. The molecule has 0 aromatic carbocycles. The first-order valence-electron chi connectivity index (χ1n) is 5.20. The number of aliphatic hydroxyl groups is 1. The van der Waals surface area contributed by atoms with E-state index in [-0.39, 0.29) is 11.3 Å². The smallest absolute Gasteiger partial charge is 0.343 e. The fourth-order valence-electron chi connectivity index (χ4n) is 0.908. The van der Waals surface area contributed by atoms with E-state index in [0.717, 1.165) is 12.8 Å². The number of ether oxygens (including phenoxy) is 1. The van der Waals surface area contributed by atoms with Gasteiger partial charge in [0.2, 0.25) is 0 Å². The van der Waals surface area contributed by atoms with Crippen LogP contribution in [0.15, 0.2) is 16.3 Å². The van der Waals surface area contributed by atoms with Crippen LogP contribution in [0.5, 0.6) is 0 Å². The molecule has 4 heteroatoms. The van der Waals surface area contributed by atoms with Crippen molar-refractivity contribution in [2.45, 2.75) is 33.6 Å². The van der Waals surface area contributed by atoms with E-state index >= 15 is 0 Å². The monoisotopic (exact) mass is 213 g/mol. The number of aliphatic hydroxyl groups excluding tert-OH is 1. The molecule has 0 amide bonds. The van der Waals surface area contributed by atoms with Gasteiger partial charge in [-0.3, -0.25) is 4.99 Å². The summed E-state index contributed by atoms with van der Waals surface area (Å²) in [6.45, 7) is 6.18. The van der Waals surface area contributed by atoms with Crippen molar-refractivity contribution in [2.75, 3.05) is 13.2 Å². The molecular formula is C11H19NO3. The molecule has 0 fully saturated rings. The van der Waals surface area contributed by atoms with E-state index in [1.807, 2.05) is 0 Å². The highest BCUT2D eigenvalue weighted by atomic mass is 16.5. The van der Waals surface area contributed by atoms with E-state index in [4.69, 9.17) is 4.74 Å². The highest BCUT2D eigenvalue weighted by molar-refractivity contribution is 6.09. The maximum Gasteiger partial charge on any atom is 0.343 e. The second-order valence-electron chi connectivity index (χ2n) is 3.11. The standard InChI is InChI=1S/C11H19NO3/c1-4-6-7-12-8-10(9(3)13)11(14)15-5-2/h8,13H,4-7H2,1-3H3/b10-9+,12-8?. The minimum Gasteiger partial charge on any atom is -0.512 e. The molecule has 0 aromatic heterocycles. The molecule has 1 N–H and O–H groups in total. The molecule has 15 heavy (non-hydrogen) atoms. The summed E-state index contributed by atoms with van der Waals surface area (Å²) in [4.78, 5) is 15.4. The zero-order valence-corrected chi connectivity index (χ0v) is 9.62. The number of rotatable bonds is 6. The topological polar surface area (TPSA) is 58.9 Å². The first-order chi connectivity index (χ1) is 7.13. The third kappa shape index (κ3) is 5.88. The SMILES string of the molecule is CCCCN=C/C(C(=O)OCC)=C(/C)O. The molecule has 86 valence electrons. The van der Waals surface area contributed by atoms with Crippen LogP contribution < -0.4 is 0 Å². The van der Waals surface area contributed by atoms with Crippen LogP contribution in [0, 0.1) is 0 Å². The molecule has 0 spiro atoms. The van der Waals surface area contributed by atoms with Crippen LogP contribution >= 0.6 is 0 Å². The Labute approximate surface area is 90.7 Å². The van der Waals surface area contributed by atoms with Crippen molar-refractivity contribution in [1.82, 2.24) is 0 Å². The highest BCUT2D eigenvalue weighted by Gasteiger charge is 2.11. The summed E-state index contributed by atoms with van der Waals surface area (Å²) < 4.78 is 4.77. The molecule has 4 nitrogen and oxygen atoms in total. The van der Waals surface area contributed by atoms with Gasteiger partial charge in [-0.2, -0.15) is 0 Å². The summed E-state index contributed by atoms with van der Waals surface area (Å²) in [5.41, 5.74) is 0.132. The molecule has 0 saturated heterocycles. The van der Waals surface area contributed by atoms with Gasteiger partial charge >= 0.3 is 5.97 Å². The molecule has 0 unspecified atom stereocenters. The van der Waals surface area contributed by atoms with E-state index in [1.54, 1.807) is 6.92 Å². The van der Waals surface area contributed by atoms with Gasteiger partial charge in [-0.1, -0.05) is 13.3 Å². The van der Waals surface area contributed by atoms with Crippen LogP contribution in [-0.4, -0.2) is 30.4 Å². The quantitative estimate of drug-likeness (QED) is 0.242. The van der Waals surface area contributed by atoms with Crippen LogP contribution in [0.3, 0.4) is 0 Å². The van der Waals surface area contributed by atoms with E-state index in [9.17, 15) is 9.90 Å². The predicted molar refractivity (Wildman–Crippen MR) is 60.2 cm³/mol. The summed E-state index contributed by atoms with van der Waals surface area (Å²) in [6.07, 6.45) is 3.40. The van der Waals surface area contributed by atoms with Crippen LogP contribution in [0.4, 0.5) is 0 Å². The number of aliphatic imine (C=N–C) groups is 1. The van der Waals surface area contributed by atoms with Gasteiger partial charge in [0.1, 0.15) is 11.3 Å². The molecule has 0 atom stereocenters. The van der Waals surface area contributed by atoms with Gasteiger partial charge < -0.3 is 9.84 Å². The lowest BCUT2D eigenvalue weighted by atomic mass is 10.2. The van der Waals surface area contributed by atoms with Crippen LogP contribution in [-0.2, 0) is 9.53 Å². The first kappa shape index (κ1) is 13.7. The average molecular weight is 213 g/mol. The summed E-state index contributed by atoms with van der Waals surface area (Å²) in [5.74, 6) is -0.591. The van der Waals surface area contributed by atoms with Crippen LogP contribution in [0.25, 0.3) is 0 Å². The zero-order valence-electron chi connectivity index (χ0n) is 9.62.